The molecule has 0 aliphatic heterocycles. The van der Waals surface area contributed by atoms with Crippen LogP contribution in [0.4, 0.5) is 0 Å². The minimum Gasteiger partial charge on any atom is -0.491 e. The van der Waals surface area contributed by atoms with Crippen LogP contribution in [0.1, 0.15) is 71.9 Å². The molecular weight excluding hydrogens is 258 g/mol. The van der Waals surface area contributed by atoms with Crippen molar-refractivity contribution in [2.24, 2.45) is 5.92 Å². The summed E-state index contributed by atoms with van der Waals surface area (Å²) in [6, 6.07) is 9.11. The third-order valence-electron chi connectivity index (χ3n) is 3.96. The molecule has 0 bridgehead atoms. The number of hydrogen-bond acceptors (Lipinski definition) is 2. The van der Waals surface area contributed by atoms with Crippen molar-refractivity contribution in [2.45, 2.75) is 72.4 Å². The van der Waals surface area contributed by atoms with Gasteiger partial charge in [0, 0.05) is 6.04 Å². The average Bonchev–Trinajstić information content (AvgIpc) is 2.47. The number of unbranched alkanes of at least 4 members (excludes halogenated alkanes) is 1. The highest BCUT2D eigenvalue weighted by Gasteiger charge is 2.20. The quantitative estimate of drug-likeness (QED) is 0.628. The van der Waals surface area contributed by atoms with Gasteiger partial charge in [-0.05, 0) is 50.4 Å². The molecule has 1 rings (SSSR count). The molecule has 21 heavy (non-hydrogen) atoms. The average molecular weight is 291 g/mol. The molecule has 2 unspecified atom stereocenters. The maximum Gasteiger partial charge on any atom is 0.119 e. The fraction of sp³-hybridized carbons (Fsp3) is 0.684. The van der Waals surface area contributed by atoms with Gasteiger partial charge in [-0.3, -0.25) is 0 Å². The van der Waals surface area contributed by atoms with Crippen molar-refractivity contribution in [3.8, 4) is 5.75 Å². The second kappa shape index (κ2) is 9.83. The minimum atomic E-state index is 0.230. The van der Waals surface area contributed by atoms with E-state index in [1.165, 1.54) is 31.2 Å². The monoisotopic (exact) mass is 291 g/mol. The third-order valence-corrected chi connectivity index (χ3v) is 3.96. The Morgan fingerprint density at radius 2 is 1.71 bits per heavy atom. The standard InChI is InChI=1S/C19H33NO/c1-6-9-10-16(7-2)19(20-8-3)17-11-13-18(14-12-17)21-15(4)5/h11-16,19-20H,6-10H2,1-5H3. The SMILES string of the molecule is CCCCC(CC)C(NCC)c1ccc(OC(C)C)cc1. The summed E-state index contributed by atoms with van der Waals surface area (Å²) < 4.78 is 5.74. The number of hydrogen-bond donors (Lipinski definition) is 1. The lowest BCUT2D eigenvalue weighted by molar-refractivity contribution is 0.242. The van der Waals surface area contributed by atoms with Crippen LogP contribution in [0, 0.1) is 5.92 Å². The van der Waals surface area contributed by atoms with Gasteiger partial charge in [-0.25, -0.2) is 0 Å². The van der Waals surface area contributed by atoms with Crippen molar-refractivity contribution >= 4 is 0 Å². The number of rotatable bonds is 10. The van der Waals surface area contributed by atoms with Gasteiger partial charge < -0.3 is 10.1 Å². The van der Waals surface area contributed by atoms with E-state index in [4.69, 9.17) is 4.74 Å². The summed E-state index contributed by atoms with van der Waals surface area (Å²) in [6.07, 6.45) is 5.34. The number of ether oxygens (including phenoxy) is 1. The number of benzene rings is 1. The zero-order valence-electron chi connectivity index (χ0n) is 14.5. The molecule has 0 spiro atoms. The molecule has 0 aliphatic rings. The predicted molar refractivity (Wildman–Crippen MR) is 91.9 cm³/mol. The lowest BCUT2D eigenvalue weighted by Crippen LogP contribution is -2.28. The molecule has 0 aliphatic carbocycles. The largest absolute Gasteiger partial charge is 0.491 e. The predicted octanol–water partition coefficient (Wildman–Crippen LogP) is 5.34. The summed E-state index contributed by atoms with van der Waals surface area (Å²) >= 11 is 0. The van der Waals surface area contributed by atoms with Gasteiger partial charge in [0.15, 0.2) is 0 Å². The van der Waals surface area contributed by atoms with Crippen molar-refractivity contribution in [3.05, 3.63) is 29.8 Å². The van der Waals surface area contributed by atoms with Crippen LogP contribution in [0.15, 0.2) is 24.3 Å². The van der Waals surface area contributed by atoms with E-state index in [9.17, 15) is 0 Å². The lowest BCUT2D eigenvalue weighted by atomic mass is 9.87. The molecule has 0 amide bonds. The van der Waals surface area contributed by atoms with Crippen LogP contribution >= 0.6 is 0 Å². The molecule has 1 N–H and O–H groups in total. The highest BCUT2D eigenvalue weighted by atomic mass is 16.5. The first kappa shape index (κ1) is 18.0. The molecule has 2 atom stereocenters. The van der Waals surface area contributed by atoms with E-state index < -0.39 is 0 Å². The molecule has 0 saturated carbocycles. The van der Waals surface area contributed by atoms with Gasteiger partial charge in [0.05, 0.1) is 6.10 Å². The molecular formula is C19H33NO. The molecule has 2 nitrogen and oxygen atoms in total. The van der Waals surface area contributed by atoms with Gasteiger partial charge in [0.1, 0.15) is 5.75 Å². The van der Waals surface area contributed by atoms with Crippen molar-refractivity contribution in [1.82, 2.24) is 5.32 Å². The maximum absolute atomic E-state index is 5.74. The first-order chi connectivity index (χ1) is 10.1. The second-order valence-electron chi connectivity index (χ2n) is 6.08. The highest BCUT2D eigenvalue weighted by molar-refractivity contribution is 5.29. The minimum absolute atomic E-state index is 0.230. The van der Waals surface area contributed by atoms with Crippen molar-refractivity contribution < 1.29 is 4.74 Å². The Kier molecular flexibility index (Phi) is 8.44. The summed E-state index contributed by atoms with van der Waals surface area (Å²) in [4.78, 5) is 0. The second-order valence-corrected chi connectivity index (χ2v) is 6.08. The molecule has 0 radical (unpaired) electrons. The van der Waals surface area contributed by atoms with Crippen LogP contribution in [0.3, 0.4) is 0 Å². The first-order valence-corrected chi connectivity index (χ1v) is 8.62. The van der Waals surface area contributed by atoms with E-state index in [0.717, 1.165) is 12.3 Å². The number of nitrogens with one attached hydrogen (secondary N) is 1. The van der Waals surface area contributed by atoms with Crippen molar-refractivity contribution in [1.29, 1.82) is 0 Å². The lowest BCUT2D eigenvalue weighted by Gasteiger charge is -2.28. The Morgan fingerprint density at radius 3 is 2.19 bits per heavy atom. The van der Waals surface area contributed by atoms with Crippen LogP contribution in [0.2, 0.25) is 0 Å². The molecule has 1 aromatic carbocycles. The van der Waals surface area contributed by atoms with E-state index in [0.29, 0.717) is 12.0 Å². The molecule has 2 heteroatoms. The van der Waals surface area contributed by atoms with Crippen molar-refractivity contribution in [2.75, 3.05) is 6.54 Å². The first-order valence-electron chi connectivity index (χ1n) is 8.62. The summed E-state index contributed by atoms with van der Waals surface area (Å²) in [5.74, 6) is 1.67. The zero-order valence-corrected chi connectivity index (χ0v) is 14.5. The fourth-order valence-electron chi connectivity index (χ4n) is 2.88. The van der Waals surface area contributed by atoms with Crippen molar-refractivity contribution in [3.63, 3.8) is 0 Å². The summed E-state index contributed by atoms with van der Waals surface area (Å²) in [5.41, 5.74) is 1.39. The van der Waals surface area contributed by atoms with Gasteiger partial charge in [0.25, 0.3) is 0 Å². The summed E-state index contributed by atoms with van der Waals surface area (Å²) in [5, 5.41) is 3.68. The fourth-order valence-corrected chi connectivity index (χ4v) is 2.88. The van der Waals surface area contributed by atoms with Crippen LogP contribution in [-0.2, 0) is 0 Å². The van der Waals surface area contributed by atoms with Gasteiger partial charge in [-0.15, -0.1) is 0 Å². The van der Waals surface area contributed by atoms with E-state index in [1.54, 1.807) is 0 Å². The Balaban J connectivity index is 2.83. The van der Waals surface area contributed by atoms with Gasteiger partial charge >= 0.3 is 0 Å². The third kappa shape index (κ3) is 6.09. The smallest absolute Gasteiger partial charge is 0.119 e. The maximum atomic E-state index is 5.74. The Labute approximate surface area is 131 Å². The van der Waals surface area contributed by atoms with E-state index >= 15 is 0 Å². The van der Waals surface area contributed by atoms with Crippen LogP contribution in [-0.4, -0.2) is 12.6 Å². The van der Waals surface area contributed by atoms with E-state index in [-0.39, 0.29) is 6.10 Å². The van der Waals surface area contributed by atoms with Gasteiger partial charge in [-0.1, -0.05) is 52.2 Å². The van der Waals surface area contributed by atoms with Crippen LogP contribution in [0.25, 0.3) is 0 Å². The van der Waals surface area contributed by atoms with Gasteiger partial charge in [-0.2, -0.15) is 0 Å². The topological polar surface area (TPSA) is 21.3 Å². The van der Waals surface area contributed by atoms with Gasteiger partial charge in [0.2, 0.25) is 0 Å². The molecule has 0 fully saturated rings. The molecule has 120 valence electrons. The normalized spacial score (nSPS) is 14.2. The Morgan fingerprint density at radius 1 is 1.05 bits per heavy atom. The van der Waals surface area contributed by atoms with E-state index in [1.807, 2.05) is 0 Å². The summed E-state index contributed by atoms with van der Waals surface area (Å²) in [6.45, 7) is 11.9. The molecule has 0 heterocycles. The van der Waals surface area contributed by atoms with E-state index in [2.05, 4.69) is 64.2 Å². The molecule has 1 aromatic rings. The Bertz CT molecular complexity index is 372. The van der Waals surface area contributed by atoms with Crippen LogP contribution < -0.4 is 10.1 Å². The Hall–Kier alpha value is -1.02. The summed E-state index contributed by atoms with van der Waals surface area (Å²) in [7, 11) is 0. The zero-order chi connectivity index (χ0) is 15.7. The van der Waals surface area contributed by atoms with Crippen LogP contribution in [0.5, 0.6) is 5.75 Å². The highest BCUT2D eigenvalue weighted by Crippen LogP contribution is 2.30. The molecule has 0 saturated heterocycles. The molecule has 0 aromatic heterocycles.